The fourth-order valence-corrected chi connectivity index (χ4v) is 4.95. The summed E-state index contributed by atoms with van der Waals surface area (Å²) >= 11 is 0. The number of alkyl halides is 3. The summed E-state index contributed by atoms with van der Waals surface area (Å²) in [4.78, 5) is 17.5. The minimum atomic E-state index is -4.12. The van der Waals surface area contributed by atoms with E-state index in [4.69, 9.17) is 5.10 Å². The molecule has 0 bridgehead atoms. The Hall–Kier alpha value is -2.32. The van der Waals surface area contributed by atoms with Gasteiger partial charge in [-0.15, -0.1) is 0 Å². The molecule has 6 nitrogen and oxygen atoms in total. The van der Waals surface area contributed by atoms with E-state index in [1.165, 1.54) is 4.90 Å². The third-order valence-corrected chi connectivity index (χ3v) is 6.82. The highest BCUT2D eigenvalue weighted by molar-refractivity contribution is 5.65. The second-order valence-electron chi connectivity index (χ2n) is 8.85. The van der Waals surface area contributed by atoms with E-state index < -0.39 is 18.2 Å². The number of nitrogens with zero attached hydrogens (tertiary/aromatic N) is 4. The van der Waals surface area contributed by atoms with Gasteiger partial charge in [-0.05, 0) is 51.0 Å². The molecule has 0 radical (unpaired) electrons. The fourth-order valence-electron chi connectivity index (χ4n) is 4.95. The van der Waals surface area contributed by atoms with Crippen LogP contribution in [-0.4, -0.2) is 50.0 Å². The molecular formula is C21H27F3N4O2. The molecule has 2 aromatic rings. The second-order valence-corrected chi connectivity index (χ2v) is 8.85. The molecule has 2 aromatic heterocycles. The lowest BCUT2D eigenvalue weighted by Crippen LogP contribution is -2.42. The summed E-state index contributed by atoms with van der Waals surface area (Å²) < 4.78 is 40.8. The van der Waals surface area contributed by atoms with Crippen LogP contribution in [0.15, 0.2) is 12.1 Å². The molecular weight excluding hydrogens is 397 g/mol. The third-order valence-electron chi connectivity index (χ3n) is 6.82. The van der Waals surface area contributed by atoms with Crippen LogP contribution >= 0.6 is 0 Å². The number of halogens is 3. The molecule has 0 unspecified atom stereocenters. The molecule has 0 spiro atoms. The van der Waals surface area contributed by atoms with Gasteiger partial charge in [-0.1, -0.05) is 6.92 Å². The number of fused-ring (bicyclic) bond motifs is 1. The van der Waals surface area contributed by atoms with E-state index in [-0.39, 0.29) is 24.7 Å². The molecule has 1 saturated heterocycles. The number of carbonyl (C=O) groups is 1. The highest BCUT2D eigenvalue weighted by atomic mass is 19.4. The normalized spacial score (nSPS) is 28.1. The summed E-state index contributed by atoms with van der Waals surface area (Å²) in [6, 6.07) is 3.84. The Morgan fingerprint density at radius 1 is 1.17 bits per heavy atom. The van der Waals surface area contributed by atoms with Crippen LogP contribution in [0.1, 0.15) is 67.9 Å². The monoisotopic (exact) mass is 424 g/mol. The van der Waals surface area contributed by atoms with Gasteiger partial charge in [-0.2, -0.15) is 18.3 Å². The number of piperidine rings is 1. The first-order valence-electron chi connectivity index (χ1n) is 10.5. The molecule has 1 amide bonds. The SMILES string of the molecule is Cc1cc([C@H]2CN(C(=O)O)CC[C@@H]2C)n2nc(C3CCC(C(F)(F)F)CC3)cc2n1. The van der Waals surface area contributed by atoms with Crippen molar-refractivity contribution in [3.05, 3.63) is 29.2 Å². The molecule has 1 aliphatic heterocycles. The van der Waals surface area contributed by atoms with Crippen LogP contribution in [0.3, 0.4) is 0 Å². The zero-order valence-electron chi connectivity index (χ0n) is 17.2. The molecule has 2 atom stereocenters. The molecule has 30 heavy (non-hydrogen) atoms. The van der Waals surface area contributed by atoms with Gasteiger partial charge in [0.25, 0.3) is 0 Å². The number of hydrogen-bond donors (Lipinski definition) is 1. The number of aromatic nitrogens is 3. The van der Waals surface area contributed by atoms with Gasteiger partial charge in [0.1, 0.15) is 0 Å². The van der Waals surface area contributed by atoms with Crippen LogP contribution in [0.5, 0.6) is 0 Å². The maximum absolute atomic E-state index is 13.0. The number of rotatable bonds is 2. The summed E-state index contributed by atoms with van der Waals surface area (Å²) in [5, 5.41) is 14.2. The van der Waals surface area contributed by atoms with Crippen molar-refractivity contribution in [2.45, 2.75) is 64.0 Å². The van der Waals surface area contributed by atoms with E-state index >= 15 is 0 Å². The summed E-state index contributed by atoms with van der Waals surface area (Å²) in [6.07, 6.45) is -3.07. The lowest BCUT2D eigenvalue weighted by Gasteiger charge is -2.35. The van der Waals surface area contributed by atoms with E-state index in [1.807, 2.05) is 19.1 Å². The molecule has 4 rings (SSSR count). The van der Waals surface area contributed by atoms with Gasteiger partial charge >= 0.3 is 12.3 Å². The highest BCUT2D eigenvalue weighted by Crippen LogP contribution is 2.43. The standard InChI is InChI=1S/C21H27F3N4O2/c1-12-7-8-27(20(29)30)11-16(12)18-9-13(2)25-19-10-17(26-28(18)19)14-3-5-15(6-4-14)21(22,23)24/h9-10,12,14-16H,3-8,11H2,1-2H3,(H,29,30)/t12-,14?,15?,16-/m0/s1. The molecule has 2 fully saturated rings. The van der Waals surface area contributed by atoms with Crippen molar-refractivity contribution in [2.24, 2.45) is 11.8 Å². The van der Waals surface area contributed by atoms with Gasteiger partial charge in [0.2, 0.25) is 0 Å². The molecule has 1 N–H and O–H groups in total. The summed E-state index contributed by atoms with van der Waals surface area (Å²) in [7, 11) is 0. The number of likely N-dealkylation sites (tertiary alicyclic amines) is 1. The summed E-state index contributed by atoms with van der Waals surface area (Å²) in [5.41, 5.74) is 3.21. The van der Waals surface area contributed by atoms with Crippen molar-refractivity contribution in [2.75, 3.05) is 13.1 Å². The molecule has 0 aromatic carbocycles. The average Bonchev–Trinajstić information content (AvgIpc) is 3.11. The molecule has 1 aliphatic carbocycles. The lowest BCUT2D eigenvalue weighted by atomic mass is 9.80. The van der Waals surface area contributed by atoms with Crippen LogP contribution < -0.4 is 0 Å². The van der Waals surface area contributed by atoms with Crippen LogP contribution in [0, 0.1) is 18.8 Å². The van der Waals surface area contributed by atoms with Gasteiger partial charge in [0, 0.05) is 36.7 Å². The van der Waals surface area contributed by atoms with Crippen molar-refractivity contribution in [3.8, 4) is 0 Å². The molecule has 164 valence electrons. The third kappa shape index (κ3) is 3.98. The lowest BCUT2D eigenvalue weighted by molar-refractivity contribution is -0.182. The topological polar surface area (TPSA) is 70.7 Å². The van der Waals surface area contributed by atoms with Crippen molar-refractivity contribution in [1.82, 2.24) is 19.5 Å². The number of hydrogen-bond acceptors (Lipinski definition) is 3. The first kappa shape index (κ1) is 20.9. The smallest absolute Gasteiger partial charge is 0.407 e. The molecule has 3 heterocycles. The predicted molar refractivity (Wildman–Crippen MR) is 105 cm³/mol. The number of aryl methyl sites for hydroxylation is 1. The molecule has 1 saturated carbocycles. The number of carboxylic acid groups (broad SMARTS) is 1. The first-order valence-corrected chi connectivity index (χ1v) is 10.5. The van der Waals surface area contributed by atoms with Gasteiger partial charge in [-0.25, -0.2) is 14.3 Å². The second kappa shape index (κ2) is 7.74. The minimum Gasteiger partial charge on any atom is -0.465 e. The zero-order valence-corrected chi connectivity index (χ0v) is 17.2. The number of amides is 1. The Labute approximate surface area is 173 Å². The van der Waals surface area contributed by atoms with E-state index in [2.05, 4.69) is 11.9 Å². The Balaban J connectivity index is 1.63. The maximum atomic E-state index is 13.0. The Morgan fingerprint density at radius 2 is 1.87 bits per heavy atom. The fraction of sp³-hybridized carbons (Fsp3) is 0.667. The van der Waals surface area contributed by atoms with Crippen molar-refractivity contribution < 1.29 is 23.1 Å². The van der Waals surface area contributed by atoms with Gasteiger partial charge in [-0.3, -0.25) is 0 Å². The predicted octanol–water partition coefficient (Wildman–Crippen LogP) is 4.98. The van der Waals surface area contributed by atoms with Crippen LogP contribution in [-0.2, 0) is 0 Å². The zero-order chi connectivity index (χ0) is 21.6. The Bertz CT molecular complexity index is 934. The van der Waals surface area contributed by atoms with E-state index in [0.29, 0.717) is 37.5 Å². The molecule has 9 heteroatoms. The van der Waals surface area contributed by atoms with Gasteiger partial charge < -0.3 is 10.0 Å². The summed E-state index contributed by atoms with van der Waals surface area (Å²) in [5.74, 6) is -0.933. The quantitative estimate of drug-likeness (QED) is 0.738. The minimum absolute atomic E-state index is 0.00208. The molecule has 2 aliphatic rings. The van der Waals surface area contributed by atoms with Crippen LogP contribution in [0.25, 0.3) is 5.65 Å². The van der Waals surface area contributed by atoms with Gasteiger partial charge in [0.15, 0.2) is 5.65 Å². The largest absolute Gasteiger partial charge is 0.465 e. The van der Waals surface area contributed by atoms with Crippen molar-refractivity contribution in [3.63, 3.8) is 0 Å². The van der Waals surface area contributed by atoms with Crippen molar-refractivity contribution >= 4 is 11.7 Å². The van der Waals surface area contributed by atoms with Gasteiger partial charge in [0.05, 0.1) is 17.3 Å². The Kier molecular flexibility index (Phi) is 5.40. The van der Waals surface area contributed by atoms with E-state index in [1.54, 1.807) is 4.52 Å². The maximum Gasteiger partial charge on any atom is 0.407 e. The van der Waals surface area contributed by atoms with Crippen molar-refractivity contribution in [1.29, 1.82) is 0 Å². The van der Waals surface area contributed by atoms with E-state index in [0.717, 1.165) is 23.5 Å². The average molecular weight is 424 g/mol. The van der Waals surface area contributed by atoms with Crippen LogP contribution in [0.2, 0.25) is 0 Å². The van der Waals surface area contributed by atoms with Crippen LogP contribution in [0.4, 0.5) is 18.0 Å². The first-order chi connectivity index (χ1) is 14.1. The Morgan fingerprint density at radius 3 is 2.50 bits per heavy atom. The summed E-state index contributed by atoms with van der Waals surface area (Å²) in [6.45, 7) is 4.94. The van der Waals surface area contributed by atoms with E-state index in [9.17, 15) is 23.1 Å². The highest BCUT2D eigenvalue weighted by Gasteiger charge is 2.42.